The highest BCUT2D eigenvalue weighted by atomic mass is 35.5. The van der Waals surface area contributed by atoms with Crippen LogP contribution in [0, 0.1) is 11.3 Å². The van der Waals surface area contributed by atoms with Crippen molar-refractivity contribution in [2.75, 3.05) is 36.5 Å². The van der Waals surface area contributed by atoms with Gasteiger partial charge in [-0.1, -0.05) is 53.2 Å². The molecule has 1 saturated heterocycles. The van der Waals surface area contributed by atoms with Gasteiger partial charge in [0.05, 0.1) is 40.1 Å². The Hall–Kier alpha value is -3.58. The standard InChI is InChI=1S/C32H37ClN8S/c1-32(2,3)40-14-11-25(12-15-40)41-21-28(38-39-41)30(22-9-6-5-7-10-22)37-24-17-26-29(35-13-8-16-42-4)23(19-34)20-36-31(26)27(33)18-24/h5-10,16-18,20-21,25,30,37H,11-15H2,1-4H3,(H,35,36)/b16-8-/t30-/m0/s1. The van der Waals surface area contributed by atoms with Crippen LogP contribution in [0.15, 0.2) is 66.3 Å². The maximum Gasteiger partial charge on any atom is 0.109 e. The molecule has 1 fully saturated rings. The van der Waals surface area contributed by atoms with Crippen LogP contribution < -0.4 is 10.6 Å². The number of aromatic nitrogens is 4. The zero-order valence-corrected chi connectivity index (χ0v) is 26.1. The highest BCUT2D eigenvalue weighted by molar-refractivity contribution is 8.01. The smallest absolute Gasteiger partial charge is 0.109 e. The predicted octanol–water partition coefficient (Wildman–Crippen LogP) is 7.28. The molecule has 0 amide bonds. The summed E-state index contributed by atoms with van der Waals surface area (Å²) in [6.07, 6.45) is 9.75. The summed E-state index contributed by atoms with van der Waals surface area (Å²) in [5.41, 5.74) is 4.69. The van der Waals surface area contributed by atoms with Gasteiger partial charge in [0.2, 0.25) is 0 Å². The zero-order valence-electron chi connectivity index (χ0n) is 24.5. The lowest BCUT2D eigenvalue weighted by molar-refractivity contribution is 0.0866. The van der Waals surface area contributed by atoms with E-state index in [1.54, 1.807) is 18.0 Å². The van der Waals surface area contributed by atoms with E-state index >= 15 is 0 Å². The third-order valence-electron chi connectivity index (χ3n) is 7.73. The molecule has 0 unspecified atom stereocenters. The van der Waals surface area contributed by atoms with E-state index in [4.69, 9.17) is 11.6 Å². The summed E-state index contributed by atoms with van der Waals surface area (Å²) >= 11 is 8.40. The SMILES string of the molecule is CS/C=C\CNc1c(C#N)cnc2c(Cl)cc(N[C@@H](c3ccccc3)c3cn(C4CCN(C(C)(C)C)CC4)nn3)cc12. The van der Waals surface area contributed by atoms with Crippen molar-refractivity contribution in [1.29, 1.82) is 5.26 Å². The first-order valence-corrected chi connectivity index (χ1v) is 15.9. The molecule has 0 aliphatic carbocycles. The summed E-state index contributed by atoms with van der Waals surface area (Å²) in [7, 11) is 0. The van der Waals surface area contributed by atoms with Crippen molar-refractivity contribution in [3.05, 3.63) is 88.2 Å². The lowest BCUT2D eigenvalue weighted by Gasteiger charge is -2.40. The van der Waals surface area contributed by atoms with Gasteiger partial charge in [0.25, 0.3) is 0 Å². The topological polar surface area (TPSA) is 94.7 Å². The first-order chi connectivity index (χ1) is 20.3. The van der Waals surface area contributed by atoms with Crippen LogP contribution in [0.4, 0.5) is 11.4 Å². The van der Waals surface area contributed by atoms with Gasteiger partial charge in [-0.15, -0.1) is 16.9 Å². The summed E-state index contributed by atoms with van der Waals surface area (Å²) in [4.78, 5) is 7.03. The minimum Gasteiger partial charge on any atom is -0.380 e. The van der Waals surface area contributed by atoms with E-state index in [1.807, 2.05) is 52.8 Å². The van der Waals surface area contributed by atoms with Crippen LogP contribution in [0.3, 0.4) is 0 Å². The number of hydrogen-bond acceptors (Lipinski definition) is 8. The molecule has 0 saturated carbocycles. The van der Waals surface area contributed by atoms with Crippen LogP contribution in [0.25, 0.3) is 10.9 Å². The Balaban J connectivity index is 1.46. The largest absolute Gasteiger partial charge is 0.380 e. The molecule has 8 nitrogen and oxygen atoms in total. The molecule has 3 heterocycles. The second kappa shape index (κ2) is 13.2. The van der Waals surface area contributed by atoms with E-state index in [1.165, 1.54) is 0 Å². The summed E-state index contributed by atoms with van der Waals surface area (Å²) in [6, 6.07) is 16.4. The molecule has 218 valence electrons. The minimum atomic E-state index is -0.254. The molecule has 0 bridgehead atoms. The molecular weight excluding hydrogens is 564 g/mol. The number of halogens is 1. The number of fused-ring (bicyclic) bond motifs is 1. The van der Waals surface area contributed by atoms with E-state index < -0.39 is 0 Å². The van der Waals surface area contributed by atoms with E-state index in [-0.39, 0.29) is 11.6 Å². The summed E-state index contributed by atoms with van der Waals surface area (Å²) in [6.45, 7) is 9.48. The monoisotopic (exact) mass is 600 g/mol. The molecule has 2 aromatic carbocycles. The van der Waals surface area contributed by atoms with Gasteiger partial charge < -0.3 is 10.6 Å². The van der Waals surface area contributed by atoms with Crippen molar-refractivity contribution in [2.24, 2.45) is 0 Å². The van der Waals surface area contributed by atoms with E-state index in [9.17, 15) is 5.26 Å². The number of benzene rings is 2. The van der Waals surface area contributed by atoms with E-state index in [2.05, 4.69) is 76.0 Å². The van der Waals surface area contributed by atoms with Crippen molar-refractivity contribution in [3.8, 4) is 6.07 Å². The van der Waals surface area contributed by atoms with Crippen LogP contribution in [0.5, 0.6) is 0 Å². The number of thioether (sulfide) groups is 1. The lowest BCUT2D eigenvalue weighted by atomic mass is 9.98. The number of nitriles is 1. The number of pyridine rings is 1. The van der Waals surface area contributed by atoms with Gasteiger partial charge in [-0.05, 0) is 63.0 Å². The molecule has 0 spiro atoms. The summed E-state index contributed by atoms with van der Waals surface area (Å²) in [5, 5.41) is 29.4. The van der Waals surface area contributed by atoms with Crippen molar-refractivity contribution in [1.82, 2.24) is 24.9 Å². The van der Waals surface area contributed by atoms with E-state index in [0.717, 1.165) is 48.3 Å². The molecule has 42 heavy (non-hydrogen) atoms. The normalized spacial score (nSPS) is 15.6. The first kappa shape index (κ1) is 29.9. The van der Waals surface area contributed by atoms with Crippen LogP contribution in [-0.2, 0) is 0 Å². The van der Waals surface area contributed by atoms with Gasteiger partial charge in [0.15, 0.2) is 0 Å². The highest BCUT2D eigenvalue weighted by Gasteiger charge is 2.29. The number of nitrogens with one attached hydrogen (secondary N) is 2. The number of rotatable bonds is 9. The maximum atomic E-state index is 9.80. The van der Waals surface area contributed by atoms with Gasteiger partial charge >= 0.3 is 0 Å². The molecule has 1 aliphatic rings. The lowest BCUT2D eigenvalue weighted by Crippen LogP contribution is -2.46. The molecular formula is C32H37ClN8S. The Morgan fingerprint density at radius 2 is 1.95 bits per heavy atom. The third kappa shape index (κ3) is 6.73. The molecule has 1 atom stereocenters. The van der Waals surface area contributed by atoms with Crippen LogP contribution in [0.1, 0.15) is 62.5 Å². The number of anilines is 2. The fourth-order valence-electron chi connectivity index (χ4n) is 5.47. The van der Waals surface area contributed by atoms with Gasteiger partial charge in [-0.25, -0.2) is 4.68 Å². The molecule has 10 heteroatoms. The molecule has 1 aliphatic heterocycles. The Morgan fingerprint density at radius 3 is 2.64 bits per heavy atom. The second-order valence-corrected chi connectivity index (χ2v) is 12.7. The minimum absolute atomic E-state index is 0.173. The molecule has 2 N–H and O–H groups in total. The van der Waals surface area contributed by atoms with Crippen LogP contribution >= 0.6 is 23.4 Å². The van der Waals surface area contributed by atoms with Gasteiger partial charge in [-0.2, -0.15) is 5.26 Å². The number of hydrogen-bond donors (Lipinski definition) is 2. The fraction of sp³-hybridized carbons (Fsp3) is 0.375. The highest BCUT2D eigenvalue weighted by Crippen LogP contribution is 2.36. The van der Waals surface area contributed by atoms with Crippen LogP contribution in [-0.4, -0.2) is 56.3 Å². The van der Waals surface area contributed by atoms with Crippen molar-refractivity contribution >= 4 is 45.6 Å². The van der Waals surface area contributed by atoms with Crippen molar-refractivity contribution in [2.45, 2.75) is 51.2 Å². The molecule has 5 rings (SSSR count). The molecule has 2 aromatic heterocycles. The van der Waals surface area contributed by atoms with Crippen LogP contribution in [0.2, 0.25) is 5.02 Å². The average molecular weight is 601 g/mol. The van der Waals surface area contributed by atoms with Crippen molar-refractivity contribution < 1.29 is 0 Å². The zero-order chi connectivity index (χ0) is 29.7. The van der Waals surface area contributed by atoms with Crippen molar-refractivity contribution in [3.63, 3.8) is 0 Å². The quantitative estimate of drug-likeness (QED) is 0.207. The second-order valence-electron chi connectivity index (χ2n) is 11.5. The van der Waals surface area contributed by atoms with E-state index in [0.29, 0.717) is 34.4 Å². The Labute approximate surface area is 257 Å². The Kier molecular flexibility index (Phi) is 9.37. The van der Waals surface area contributed by atoms with Gasteiger partial charge in [0, 0.05) is 42.4 Å². The van der Waals surface area contributed by atoms with Gasteiger partial charge in [0.1, 0.15) is 11.8 Å². The number of nitrogens with zero attached hydrogens (tertiary/aromatic N) is 6. The average Bonchev–Trinajstić information content (AvgIpc) is 3.48. The maximum absolute atomic E-state index is 9.80. The number of piperidine rings is 1. The predicted molar refractivity (Wildman–Crippen MR) is 174 cm³/mol. The van der Waals surface area contributed by atoms with Gasteiger partial charge in [-0.3, -0.25) is 9.88 Å². The Bertz CT molecular complexity index is 1580. The third-order valence-corrected chi connectivity index (χ3v) is 8.48. The number of likely N-dealkylation sites (tertiary alicyclic amines) is 1. The summed E-state index contributed by atoms with van der Waals surface area (Å²) in [5.74, 6) is 0. The molecule has 4 aromatic rings. The first-order valence-electron chi connectivity index (χ1n) is 14.2. The summed E-state index contributed by atoms with van der Waals surface area (Å²) < 4.78 is 2.04. The molecule has 0 radical (unpaired) electrons. The fourth-order valence-corrected chi connectivity index (χ4v) is 6.02. The Morgan fingerprint density at radius 1 is 1.19 bits per heavy atom.